The van der Waals surface area contributed by atoms with Crippen LogP contribution in [0.25, 0.3) is 0 Å². The number of aliphatic hydroxyl groups is 1. The molecule has 0 fully saturated rings. The topological polar surface area (TPSA) is 143 Å². The van der Waals surface area contributed by atoms with Gasteiger partial charge in [-0.05, 0) is 32.1 Å². The minimum Gasteiger partial charge on any atom is -0.463 e. The van der Waals surface area contributed by atoms with Gasteiger partial charge in [0.05, 0.1) is 6.61 Å². The van der Waals surface area contributed by atoms with E-state index in [2.05, 4.69) is 15.5 Å². The first kappa shape index (κ1) is 29.7. The highest BCUT2D eigenvalue weighted by Gasteiger charge is 2.17. The second-order valence-corrected chi connectivity index (χ2v) is 8.24. The maximum atomic E-state index is 11.6. The van der Waals surface area contributed by atoms with Crippen LogP contribution in [0.1, 0.15) is 64.7 Å². The van der Waals surface area contributed by atoms with Crippen LogP contribution in [-0.4, -0.2) is 51.5 Å². The number of phosphoric ester groups is 1. The SMILES string of the molecule is CCC=CC=CC(CC=CCCCCCCCC(=O)OC[C@H](O)COP(=O)(O)O)OO. The summed E-state index contributed by atoms with van der Waals surface area (Å²) in [7, 11) is -4.64. The van der Waals surface area contributed by atoms with E-state index in [1.165, 1.54) is 0 Å². The summed E-state index contributed by atoms with van der Waals surface area (Å²) in [6.07, 6.45) is 17.4. The molecule has 2 atom stereocenters. The van der Waals surface area contributed by atoms with Crippen LogP contribution in [0.5, 0.6) is 0 Å². The van der Waals surface area contributed by atoms with Gasteiger partial charge in [-0.25, -0.2) is 9.45 Å². The maximum absolute atomic E-state index is 11.6. The first-order chi connectivity index (χ1) is 14.8. The lowest BCUT2D eigenvalue weighted by molar-refractivity contribution is -0.264. The van der Waals surface area contributed by atoms with Crippen LogP contribution >= 0.6 is 7.82 Å². The zero-order valence-corrected chi connectivity index (χ0v) is 19.1. The Morgan fingerprint density at radius 1 is 1.00 bits per heavy atom. The highest BCUT2D eigenvalue weighted by Crippen LogP contribution is 2.35. The lowest BCUT2D eigenvalue weighted by Crippen LogP contribution is -2.23. The van der Waals surface area contributed by atoms with Crippen LogP contribution in [0, 0.1) is 0 Å². The van der Waals surface area contributed by atoms with Crippen LogP contribution in [0.15, 0.2) is 36.5 Å². The van der Waals surface area contributed by atoms with Gasteiger partial charge in [-0.1, -0.05) is 62.6 Å². The van der Waals surface area contributed by atoms with Crippen molar-refractivity contribution in [3.63, 3.8) is 0 Å². The van der Waals surface area contributed by atoms with E-state index >= 15 is 0 Å². The molecule has 0 aliphatic heterocycles. The predicted molar refractivity (Wildman–Crippen MR) is 117 cm³/mol. The Labute approximate surface area is 184 Å². The van der Waals surface area contributed by atoms with E-state index in [4.69, 9.17) is 19.8 Å². The van der Waals surface area contributed by atoms with E-state index in [-0.39, 0.29) is 19.1 Å². The summed E-state index contributed by atoms with van der Waals surface area (Å²) in [6, 6.07) is 0. The number of rotatable bonds is 19. The average Bonchev–Trinajstić information content (AvgIpc) is 2.72. The standard InChI is InChI=1S/C21H37O9P/c1-2-3-4-11-14-20(30-24)15-12-9-7-5-6-8-10-13-16-21(23)28-17-19(22)18-29-31(25,26)27/h3-4,9,11-12,14,19-20,22,24H,2,5-8,10,13,15-18H2,1H3,(H2,25,26,27)/t19-,20?/m0/s1. The molecule has 9 nitrogen and oxygen atoms in total. The van der Waals surface area contributed by atoms with Crippen molar-refractivity contribution in [3.8, 4) is 0 Å². The van der Waals surface area contributed by atoms with Gasteiger partial charge in [0.1, 0.15) is 18.8 Å². The molecule has 31 heavy (non-hydrogen) atoms. The van der Waals surface area contributed by atoms with Gasteiger partial charge < -0.3 is 19.6 Å². The number of phosphoric acid groups is 1. The van der Waals surface area contributed by atoms with Crippen molar-refractivity contribution < 1.29 is 43.7 Å². The van der Waals surface area contributed by atoms with Gasteiger partial charge in [0, 0.05) is 6.42 Å². The van der Waals surface area contributed by atoms with Crippen LogP contribution < -0.4 is 0 Å². The summed E-state index contributed by atoms with van der Waals surface area (Å²) in [5, 5.41) is 18.3. The van der Waals surface area contributed by atoms with Crippen molar-refractivity contribution in [1.29, 1.82) is 0 Å². The third-order valence-electron chi connectivity index (χ3n) is 4.10. The third-order valence-corrected chi connectivity index (χ3v) is 4.59. The number of hydrogen-bond acceptors (Lipinski definition) is 7. The summed E-state index contributed by atoms with van der Waals surface area (Å²) in [5.41, 5.74) is 0. The van der Waals surface area contributed by atoms with Crippen molar-refractivity contribution in [2.24, 2.45) is 0 Å². The second kappa shape index (κ2) is 19.4. The van der Waals surface area contributed by atoms with Gasteiger partial charge in [0.15, 0.2) is 0 Å². The molecule has 0 radical (unpaired) electrons. The quantitative estimate of drug-likeness (QED) is 0.0423. The molecular weight excluding hydrogens is 427 g/mol. The van der Waals surface area contributed by atoms with E-state index in [1.807, 2.05) is 31.2 Å². The Kier molecular flexibility index (Phi) is 18.5. The highest BCUT2D eigenvalue weighted by molar-refractivity contribution is 7.46. The van der Waals surface area contributed by atoms with Gasteiger partial charge in [-0.15, -0.1) is 0 Å². The van der Waals surface area contributed by atoms with E-state index in [0.717, 1.165) is 38.5 Å². The molecule has 10 heteroatoms. The molecule has 0 aliphatic carbocycles. The number of aliphatic hydroxyl groups excluding tert-OH is 1. The molecule has 0 bridgehead atoms. The smallest absolute Gasteiger partial charge is 0.463 e. The second-order valence-electron chi connectivity index (χ2n) is 7.00. The summed E-state index contributed by atoms with van der Waals surface area (Å²) in [4.78, 5) is 33.0. The van der Waals surface area contributed by atoms with Crippen LogP contribution in [-0.2, 0) is 23.5 Å². The molecular formula is C21H37O9P. The molecule has 0 amide bonds. The molecule has 4 N–H and O–H groups in total. The number of hydrogen-bond donors (Lipinski definition) is 4. The molecule has 0 aromatic heterocycles. The first-order valence-corrected chi connectivity index (χ1v) is 12.1. The Balaban J connectivity index is 3.64. The van der Waals surface area contributed by atoms with Crippen molar-refractivity contribution in [1.82, 2.24) is 0 Å². The number of allylic oxidation sites excluding steroid dienone is 4. The first-order valence-electron chi connectivity index (χ1n) is 10.6. The highest BCUT2D eigenvalue weighted by atomic mass is 31.2. The van der Waals surface area contributed by atoms with Gasteiger partial charge in [0.2, 0.25) is 0 Å². The molecule has 0 spiro atoms. The third kappa shape index (κ3) is 21.7. The predicted octanol–water partition coefficient (Wildman–Crippen LogP) is 4.06. The lowest BCUT2D eigenvalue weighted by Gasteiger charge is -2.12. The van der Waals surface area contributed by atoms with E-state index < -0.39 is 26.5 Å². The number of ether oxygens (including phenoxy) is 1. The van der Waals surface area contributed by atoms with Crippen molar-refractivity contribution >= 4 is 13.8 Å². The molecule has 0 aromatic carbocycles. The van der Waals surface area contributed by atoms with Crippen molar-refractivity contribution in [2.45, 2.75) is 76.9 Å². The van der Waals surface area contributed by atoms with Crippen molar-refractivity contribution in [2.75, 3.05) is 13.2 Å². The number of esters is 1. The fourth-order valence-electron chi connectivity index (χ4n) is 2.46. The van der Waals surface area contributed by atoms with Crippen molar-refractivity contribution in [3.05, 3.63) is 36.5 Å². The van der Waals surface area contributed by atoms with E-state index in [9.17, 15) is 14.5 Å². The Morgan fingerprint density at radius 3 is 2.39 bits per heavy atom. The minimum atomic E-state index is -4.64. The number of carbonyl (C=O) groups excluding carboxylic acids is 1. The minimum absolute atomic E-state index is 0.232. The number of unbranched alkanes of at least 4 members (excludes halogenated alkanes) is 5. The van der Waals surface area contributed by atoms with E-state index in [0.29, 0.717) is 12.8 Å². The number of carbonyl (C=O) groups is 1. The Hall–Kier alpha value is -1.32. The summed E-state index contributed by atoms with van der Waals surface area (Å²) >= 11 is 0. The molecule has 0 aromatic rings. The zero-order chi connectivity index (χ0) is 23.4. The Bertz CT molecular complexity index is 583. The van der Waals surface area contributed by atoms with Gasteiger partial charge >= 0.3 is 13.8 Å². The average molecular weight is 464 g/mol. The van der Waals surface area contributed by atoms with Gasteiger partial charge in [-0.2, -0.15) is 0 Å². The van der Waals surface area contributed by atoms with Crippen LogP contribution in [0.3, 0.4) is 0 Å². The fraction of sp³-hybridized carbons (Fsp3) is 0.667. The Morgan fingerprint density at radius 2 is 1.71 bits per heavy atom. The molecule has 0 aliphatic rings. The maximum Gasteiger partial charge on any atom is 0.469 e. The summed E-state index contributed by atoms with van der Waals surface area (Å²) < 4.78 is 19.5. The molecule has 0 heterocycles. The van der Waals surface area contributed by atoms with Gasteiger partial charge in [0.25, 0.3) is 0 Å². The summed E-state index contributed by atoms with van der Waals surface area (Å²) in [5.74, 6) is -0.460. The lowest BCUT2D eigenvalue weighted by atomic mass is 10.1. The molecule has 1 unspecified atom stereocenters. The van der Waals surface area contributed by atoms with Crippen LogP contribution in [0.2, 0.25) is 0 Å². The monoisotopic (exact) mass is 464 g/mol. The molecule has 0 rings (SSSR count). The molecule has 0 saturated carbocycles. The molecule has 180 valence electrons. The molecule has 0 saturated heterocycles. The van der Waals surface area contributed by atoms with E-state index in [1.54, 1.807) is 6.08 Å². The van der Waals surface area contributed by atoms with Crippen LogP contribution in [0.4, 0.5) is 0 Å². The van der Waals surface area contributed by atoms with Gasteiger partial charge in [-0.3, -0.25) is 14.6 Å². The normalized spacial score (nSPS) is 14.6. The summed E-state index contributed by atoms with van der Waals surface area (Å²) in [6.45, 7) is 1.08. The fourth-order valence-corrected chi connectivity index (χ4v) is 2.83. The largest absolute Gasteiger partial charge is 0.469 e. The zero-order valence-electron chi connectivity index (χ0n) is 18.2.